The van der Waals surface area contributed by atoms with Crippen LogP contribution in [-0.2, 0) is 31.1 Å². The van der Waals surface area contributed by atoms with Crippen LogP contribution in [0.5, 0.6) is 0 Å². The van der Waals surface area contributed by atoms with Crippen molar-refractivity contribution in [2.75, 3.05) is 19.8 Å². The molecule has 0 spiro atoms. The molecule has 1 aromatic heterocycles. The number of hydrogen-bond donors (Lipinski definition) is 1. The van der Waals surface area contributed by atoms with Gasteiger partial charge in [-0.25, -0.2) is 4.79 Å². The quantitative estimate of drug-likeness (QED) is 0.551. The van der Waals surface area contributed by atoms with Crippen LogP contribution in [0.4, 0.5) is 0 Å². The first-order valence-electron chi connectivity index (χ1n) is 6.86. The fourth-order valence-corrected chi connectivity index (χ4v) is 3.54. The lowest BCUT2D eigenvalue weighted by atomic mass is 10.2. The average molecular weight is 319 g/mol. The maximum atomic E-state index is 12.5. The third-order valence-corrected chi connectivity index (χ3v) is 4.61. The molecule has 0 amide bonds. The van der Waals surface area contributed by atoms with E-state index in [0.717, 1.165) is 0 Å². The van der Waals surface area contributed by atoms with Crippen molar-refractivity contribution < 1.29 is 27.6 Å². The predicted molar refractivity (Wildman–Crippen MR) is 77.1 cm³/mol. The molecule has 0 unspecified atom stereocenters. The minimum atomic E-state index is -3.28. The van der Waals surface area contributed by atoms with E-state index in [1.54, 1.807) is 20.8 Å². The fourth-order valence-electron chi connectivity index (χ4n) is 1.81. The summed E-state index contributed by atoms with van der Waals surface area (Å²) in [5.41, 5.74) is 6.12. The molecule has 0 aromatic carbocycles. The van der Waals surface area contributed by atoms with Gasteiger partial charge in [-0.05, 0) is 26.8 Å². The van der Waals surface area contributed by atoms with Crippen molar-refractivity contribution in [3.63, 3.8) is 0 Å². The van der Waals surface area contributed by atoms with Gasteiger partial charge in [0, 0.05) is 5.56 Å². The van der Waals surface area contributed by atoms with Crippen LogP contribution >= 0.6 is 7.60 Å². The van der Waals surface area contributed by atoms with E-state index < -0.39 is 13.6 Å². The van der Waals surface area contributed by atoms with Crippen LogP contribution in [0.15, 0.2) is 10.5 Å². The summed E-state index contributed by atoms with van der Waals surface area (Å²) < 4.78 is 33.2. The van der Waals surface area contributed by atoms with Crippen LogP contribution in [-0.4, -0.2) is 25.8 Å². The van der Waals surface area contributed by atoms with Crippen molar-refractivity contribution in [1.29, 1.82) is 0 Å². The fraction of sp³-hybridized carbons (Fsp3) is 0.615. The lowest BCUT2D eigenvalue weighted by Crippen LogP contribution is -2.02. The Labute approximate surface area is 124 Å². The lowest BCUT2D eigenvalue weighted by Gasteiger charge is -2.16. The van der Waals surface area contributed by atoms with Gasteiger partial charge in [0.2, 0.25) is 5.76 Å². The Balaban J connectivity index is 3.00. The van der Waals surface area contributed by atoms with E-state index in [1.165, 1.54) is 6.07 Å². The molecule has 0 saturated heterocycles. The first-order chi connectivity index (χ1) is 9.99. The van der Waals surface area contributed by atoms with Crippen molar-refractivity contribution in [2.45, 2.75) is 33.5 Å². The van der Waals surface area contributed by atoms with Gasteiger partial charge in [0.25, 0.3) is 0 Å². The molecule has 2 N–H and O–H groups in total. The summed E-state index contributed by atoms with van der Waals surface area (Å²) >= 11 is 0. The Morgan fingerprint density at radius 2 is 1.86 bits per heavy atom. The van der Waals surface area contributed by atoms with Crippen LogP contribution in [0.2, 0.25) is 0 Å². The highest BCUT2D eigenvalue weighted by molar-refractivity contribution is 7.53. The van der Waals surface area contributed by atoms with E-state index in [0.29, 0.717) is 11.3 Å². The zero-order valence-corrected chi connectivity index (χ0v) is 13.5. The molecule has 0 radical (unpaired) electrons. The summed E-state index contributed by atoms with van der Waals surface area (Å²) in [4.78, 5) is 11.7. The van der Waals surface area contributed by atoms with Crippen LogP contribution in [0.1, 0.15) is 42.6 Å². The summed E-state index contributed by atoms with van der Waals surface area (Å²) in [6, 6.07) is 1.48. The van der Waals surface area contributed by atoms with E-state index >= 15 is 0 Å². The molecule has 21 heavy (non-hydrogen) atoms. The van der Waals surface area contributed by atoms with E-state index in [-0.39, 0.29) is 38.3 Å². The Morgan fingerprint density at radius 3 is 2.33 bits per heavy atom. The second-order valence-electron chi connectivity index (χ2n) is 4.09. The van der Waals surface area contributed by atoms with Crippen LogP contribution in [0.25, 0.3) is 0 Å². The van der Waals surface area contributed by atoms with E-state index in [1.807, 2.05) is 0 Å². The van der Waals surface area contributed by atoms with Gasteiger partial charge in [0.15, 0.2) is 0 Å². The number of furan rings is 1. The van der Waals surface area contributed by atoms with Crippen LogP contribution in [0, 0.1) is 0 Å². The first kappa shape index (κ1) is 17.9. The monoisotopic (exact) mass is 319 g/mol. The third-order valence-electron chi connectivity index (χ3n) is 2.57. The molecule has 0 aliphatic carbocycles. The van der Waals surface area contributed by atoms with E-state index in [9.17, 15) is 9.36 Å². The molecule has 0 fully saturated rings. The number of esters is 1. The normalized spacial score (nSPS) is 11.6. The van der Waals surface area contributed by atoms with Crippen molar-refractivity contribution in [2.24, 2.45) is 5.73 Å². The van der Waals surface area contributed by atoms with Gasteiger partial charge in [-0.15, -0.1) is 0 Å². The van der Waals surface area contributed by atoms with Gasteiger partial charge in [0.1, 0.15) is 5.76 Å². The molecule has 0 aliphatic heterocycles. The van der Waals surface area contributed by atoms with Crippen LogP contribution in [0.3, 0.4) is 0 Å². The van der Waals surface area contributed by atoms with Gasteiger partial charge < -0.3 is 23.9 Å². The number of hydrogen-bond acceptors (Lipinski definition) is 7. The topological polar surface area (TPSA) is 101 Å². The molecule has 8 heteroatoms. The largest absolute Gasteiger partial charge is 0.460 e. The minimum Gasteiger partial charge on any atom is -0.460 e. The van der Waals surface area contributed by atoms with Crippen molar-refractivity contribution in [3.05, 3.63) is 23.2 Å². The Kier molecular flexibility index (Phi) is 7.11. The van der Waals surface area contributed by atoms with E-state index in [4.69, 9.17) is 23.9 Å². The Hall–Kier alpha value is -1.14. The number of rotatable bonds is 9. The molecule has 0 bridgehead atoms. The Morgan fingerprint density at radius 1 is 1.24 bits per heavy atom. The molecular formula is C13H22NO6P. The molecule has 0 aliphatic rings. The molecule has 0 saturated carbocycles. The molecule has 0 atom stereocenters. The average Bonchev–Trinajstić information content (AvgIpc) is 2.82. The maximum absolute atomic E-state index is 12.5. The van der Waals surface area contributed by atoms with Crippen molar-refractivity contribution in [1.82, 2.24) is 0 Å². The number of carbonyl (C=O) groups is 1. The maximum Gasteiger partial charge on any atom is 0.374 e. The third kappa shape index (κ3) is 4.97. The van der Waals surface area contributed by atoms with Gasteiger partial charge in [-0.3, -0.25) is 4.57 Å². The van der Waals surface area contributed by atoms with Crippen molar-refractivity contribution in [3.8, 4) is 0 Å². The highest BCUT2D eigenvalue weighted by Crippen LogP contribution is 2.51. The predicted octanol–water partition coefficient (Wildman–Crippen LogP) is 2.68. The second kappa shape index (κ2) is 8.34. The summed E-state index contributed by atoms with van der Waals surface area (Å²) in [7, 11) is -3.28. The summed E-state index contributed by atoms with van der Waals surface area (Å²) in [6.45, 7) is 6.00. The number of nitrogens with two attached hydrogens (primary N) is 1. The molecule has 1 aromatic rings. The highest BCUT2D eigenvalue weighted by atomic mass is 31.2. The molecule has 1 rings (SSSR count). The first-order valence-corrected chi connectivity index (χ1v) is 8.59. The molecule has 120 valence electrons. The van der Waals surface area contributed by atoms with Gasteiger partial charge >= 0.3 is 13.6 Å². The molecule has 7 nitrogen and oxygen atoms in total. The summed E-state index contributed by atoms with van der Waals surface area (Å²) in [6.07, 6.45) is 0.00409. The number of carbonyl (C=O) groups excluding carboxylic acids is 1. The zero-order chi connectivity index (χ0) is 15.9. The molecular weight excluding hydrogens is 297 g/mol. The Bertz CT molecular complexity index is 503. The smallest absolute Gasteiger partial charge is 0.374 e. The van der Waals surface area contributed by atoms with E-state index in [2.05, 4.69) is 0 Å². The van der Waals surface area contributed by atoms with Crippen molar-refractivity contribution >= 4 is 13.6 Å². The lowest BCUT2D eigenvalue weighted by molar-refractivity contribution is 0.0488. The molecule has 1 heterocycles. The van der Waals surface area contributed by atoms with Gasteiger partial charge in [-0.1, -0.05) is 0 Å². The summed E-state index contributed by atoms with van der Waals surface area (Å²) in [5, 5.41) is 0. The van der Waals surface area contributed by atoms with Gasteiger partial charge in [-0.2, -0.15) is 0 Å². The number of ether oxygens (including phenoxy) is 1. The van der Waals surface area contributed by atoms with Crippen LogP contribution < -0.4 is 5.73 Å². The minimum absolute atomic E-state index is 0.00409. The standard InChI is InChI=1S/C13H22NO6P/c1-4-17-13(15)11-7-10(12(8-14)20-11)9-21(16,18-5-2)19-6-3/h7H,4-6,8-9,14H2,1-3H3. The SMILES string of the molecule is CCOC(=O)c1cc(CP(=O)(OCC)OCC)c(CN)o1. The summed E-state index contributed by atoms with van der Waals surface area (Å²) in [5.74, 6) is -0.175. The van der Waals surface area contributed by atoms with Gasteiger partial charge in [0.05, 0.1) is 32.5 Å². The second-order valence-corrected chi connectivity index (χ2v) is 6.14. The zero-order valence-electron chi connectivity index (χ0n) is 12.6. The highest BCUT2D eigenvalue weighted by Gasteiger charge is 2.28.